The maximum atomic E-state index is 13.6. The quantitative estimate of drug-likeness (QED) is 0.603. The van der Waals surface area contributed by atoms with Gasteiger partial charge in [0.05, 0.1) is 6.10 Å². The van der Waals surface area contributed by atoms with Crippen LogP contribution < -0.4 is 9.64 Å². The molecular weight excluding hydrogens is 378 g/mol. The molecule has 0 radical (unpaired) electrons. The van der Waals surface area contributed by atoms with Gasteiger partial charge in [-0.25, -0.2) is 0 Å². The Bertz CT molecular complexity index is 855. The summed E-state index contributed by atoms with van der Waals surface area (Å²) in [7, 11) is 0. The minimum absolute atomic E-state index is 0.160. The first-order valence-electron chi connectivity index (χ1n) is 11.2. The summed E-state index contributed by atoms with van der Waals surface area (Å²) >= 11 is 1.80. The first-order chi connectivity index (χ1) is 14.1. The normalized spacial score (nSPS) is 29.8. The molecule has 0 bridgehead atoms. The highest BCUT2D eigenvalue weighted by Gasteiger charge is 2.53. The topological polar surface area (TPSA) is 29.5 Å². The van der Waals surface area contributed by atoms with E-state index in [2.05, 4.69) is 16.8 Å². The Labute approximate surface area is 178 Å². The van der Waals surface area contributed by atoms with Crippen molar-refractivity contribution in [1.82, 2.24) is 0 Å². The lowest BCUT2D eigenvalue weighted by atomic mass is 9.59. The van der Waals surface area contributed by atoms with Crippen molar-refractivity contribution in [3.63, 3.8) is 0 Å². The molecule has 0 N–H and O–H groups in total. The Hall–Kier alpha value is -1.81. The van der Waals surface area contributed by atoms with E-state index >= 15 is 0 Å². The van der Waals surface area contributed by atoms with Crippen molar-refractivity contribution in [2.75, 3.05) is 11.4 Å². The second kappa shape index (κ2) is 7.46. The summed E-state index contributed by atoms with van der Waals surface area (Å²) in [6.07, 6.45) is 7.48. The number of benzene rings is 1. The molecule has 2 aliphatic carbocycles. The summed E-state index contributed by atoms with van der Waals surface area (Å²) in [6, 6.07) is 10.4. The van der Waals surface area contributed by atoms with Crippen LogP contribution in [0.25, 0.3) is 0 Å². The third-order valence-corrected chi connectivity index (χ3v) is 8.08. The van der Waals surface area contributed by atoms with Crippen LogP contribution in [0.1, 0.15) is 57.9 Å². The van der Waals surface area contributed by atoms with Crippen LogP contribution in [0, 0.1) is 17.8 Å². The number of carbonyl (C=O) groups is 1. The summed E-state index contributed by atoms with van der Waals surface area (Å²) in [5, 5.41) is 4.55. The number of anilines is 1. The fourth-order valence-corrected chi connectivity index (χ4v) is 6.59. The van der Waals surface area contributed by atoms with Crippen LogP contribution in [0.5, 0.6) is 5.75 Å². The molecular formula is C25H31NO2S. The molecule has 3 nitrogen and oxygen atoms in total. The molecule has 1 aromatic carbocycles. The highest BCUT2D eigenvalue weighted by atomic mass is 32.1. The SMILES string of the molecule is CC(C)Oc1ccc(N2CC[C@H]3CC[C@](c4ccsc4)(C4CC4)C[C@@H]3C2=O)cc1. The molecule has 2 aromatic rings. The van der Waals surface area contributed by atoms with E-state index in [1.54, 1.807) is 11.3 Å². The summed E-state index contributed by atoms with van der Waals surface area (Å²) < 4.78 is 5.77. The molecule has 3 fully saturated rings. The smallest absolute Gasteiger partial charge is 0.230 e. The minimum atomic E-state index is 0.160. The van der Waals surface area contributed by atoms with Gasteiger partial charge in [-0.05, 0) is 116 Å². The van der Waals surface area contributed by atoms with Gasteiger partial charge < -0.3 is 9.64 Å². The maximum Gasteiger partial charge on any atom is 0.230 e. The van der Waals surface area contributed by atoms with Crippen LogP contribution >= 0.6 is 11.3 Å². The Balaban J connectivity index is 1.38. The van der Waals surface area contributed by atoms with Crippen molar-refractivity contribution in [3.05, 3.63) is 46.7 Å². The monoisotopic (exact) mass is 409 g/mol. The Kier molecular flexibility index (Phi) is 4.93. The zero-order chi connectivity index (χ0) is 20.0. The lowest BCUT2D eigenvalue weighted by Gasteiger charge is -2.48. The zero-order valence-electron chi connectivity index (χ0n) is 17.5. The van der Waals surface area contributed by atoms with Gasteiger partial charge >= 0.3 is 0 Å². The highest BCUT2D eigenvalue weighted by Crippen LogP contribution is 2.58. The van der Waals surface area contributed by atoms with Gasteiger partial charge in [-0.1, -0.05) is 0 Å². The number of hydrogen-bond acceptors (Lipinski definition) is 3. The van der Waals surface area contributed by atoms with E-state index < -0.39 is 0 Å². The van der Waals surface area contributed by atoms with Gasteiger partial charge in [0.25, 0.3) is 0 Å². The highest BCUT2D eigenvalue weighted by molar-refractivity contribution is 7.08. The first kappa shape index (κ1) is 19.2. The average molecular weight is 410 g/mol. The molecule has 1 aliphatic heterocycles. The van der Waals surface area contributed by atoms with Crippen molar-refractivity contribution in [1.29, 1.82) is 0 Å². The molecule has 1 aromatic heterocycles. The Morgan fingerprint density at radius 1 is 1.10 bits per heavy atom. The van der Waals surface area contributed by atoms with E-state index in [-0.39, 0.29) is 17.4 Å². The summed E-state index contributed by atoms with van der Waals surface area (Å²) in [4.78, 5) is 15.7. The number of hydrogen-bond donors (Lipinski definition) is 0. The maximum absolute atomic E-state index is 13.6. The molecule has 1 amide bonds. The van der Waals surface area contributed by atoms with Crippen molar-refractivity contribution in [2.45, 2.75) is 63.9 Å². The Morgan fingerprint density at radius 2 is 1.90 bits per heavy atom. The van der Waals surface area contributed by atoms with Crippen LogP contribution in [0.4, 0.5) is 5.69 Å². The van der Waals surface area contributed by atoms with Crippen LogP contribution in [0.15, 0.2) is 41.1 Å². The second-order valence-corrected chi connectivity index (χ2v) is 10.3. The van der Waals surface area contributed by atoms with Crippen molar-refractivity contribution in [3.8, 4) is 5.75 Å². The number of ether oxygens (including phenoxy) is 1. The molecule has 1 saturated heterocycles. The predicted molar refractivity (Wildman–Crippen MR) is 119 cm³/mol. The molecule has 2 saturated carbocycles. The largest absolute Gasteiger partial charge is 0.491 e. The number of carbonyl (C=O) groups excluding carboxylic acids is 1. The molecule has 154 valence electrons. The average Bonchev–Trinajstić information content (AvgIpc) is 3.43. The zero-order valence-corrected chi connectivity index (χ0v) is 18.3. The van der Waals surface area contributed by atoms with Gasteiger partial charge in [-0.2, -0.15) is 11.3 Å². The van der Waals surface area contributed by atoms with Crippen molar-refractivity contribution >= 4 is 22.9 Å². The fourth-order valence-electron chi connectivity index (χ4n) is 5.83. The molecule has 0 unspecified atom stereocenters. The number of thiophene rings is 1. The fraction of sp³-hybridized carbons (Fsp3) is 0.560. The number of piperidine rings is 1. The second-order valence-electron chi connectivity index (χ2n) is 9.49. The number of amides is 1. The van der Waals surface area contributed by atoms with E-state index in [0.717, 1.165) is 36.7 Å². The van der Waals surface area contributed by atoms with Crippen molar-refractivity contribution in [2.24, 2.45) is 17.8 Å². The summed E-state index contributed by atoms with van der Waals surface area (Å²) in [5.41, 5.74) is 2.76. The summed E-state index contributed by atoms with van der Waals surface area (Å²) in [6.45, 7) is 4.91. The predicted octanol–water partition coefficient (Wildman–Crippen LogP) is 6.04. The number of fused-ring (bicyclic) bond motifs is 1. The van der Waals surface area contributed by atoms with Crippen LogP contribution in [-0.4, -0.2) is 18.6 Å². The molecule has 4 heteroatoms. The van der Waals surface area contributed by atoms with Crippen LogP contribution in [0.2, 0.25) is 0 Å². The van der Waals surface area contributed by atoms with Gasteiger partial charge in [0.1, 0.15) is 5.75 Å². The van der Waals surface area contributed by atoms with E-state index in [0.29, 0.717) is 11.8 Å². The minimum Gasteiger partial charge on any atom is -0.491 e. The van der Waals surface area contributed by atoms with Gasteiger partial charge in [-0.3, -0.25) is 4.79 Å². The van der Waals surface area contributed by atoms with E-state index in [9.17, 15) is 4.79 Å². The lowest BCUT2D eigenvalue weighted by Crippen LogP contribution is -2.51. The van der Waals surface area contributed by atoms with E-state index in [4.69, 9.17) is 4.74 Å². The van der Waals surface area contributed by atoms with E-state index in [1.807, 2.05) is 43.0 Å². The lowest BCUT2D eigenvalue weighted by molar-refractivity contribution is -0.128. The van der Waals surface area contributed by atoms with Gasteiger partial charge in [-0.15, -0.1) is 0 Å². The third-order valence-electron chi connectivity index (χ3n) is 7.40. The van der Waals surface area contributed by atoms with Crippen molar-refractivity contribution < 1.29 is 9.53 Å². The molecule has 3 atom stereocenters. The van der Waals surface area contributed by atoms with Crippen LogP contribution in [0.3, 0.4) is 0 Å². The molecule has 3 aliphatic rings. The first-order valence-corrected chi connectivity index (χ1v) is 12.1. The molecule has 2 heterocycles. The number of rotatable bonds is 5. The Morgan fingerprint density at radius 3 is 2.55 bits per heavy atom. The van der Waals surface area contributed by atoms with Gasteiger partial charge in [0.2, 0.25) is 5.91 Å². The molecule has 0 spiro atoms. The molecule has 29 heavy (non-hydrogen) atoms. The van der Waals surface area contributed by atoms with Gasteiger partial charge in [0, 0.05) is 18.2 Å². The third kappa shape index (κ3) is 3.50. The standard InChI is InChI=1S/C25H31NO2S/c1-17(2)28-22-7-5-21(6-8-22)26-13-10-18-9-12-25(19-3-4-19,15-23(18)24(26)27)20-11-14-29-16-20/h5-8,11,14,16-19,23H,3-4,9-10,12-13,15H2,1-2H3/t18-,23+,25-/m1/s1. The van der Waals surface area contributed by atoms with Crippen LogP contribution in [-0.2, 0) is 10.2 Å². The summed E-state index contributed by atoms with van der Waals surface area (Å²) in [5.74, 6) is 2.73. The van der Waals surface area contributed by atoms with E-state index in [1.165, 1.54) is 31.2 Å². The molecule has 5 rings (SSSR count). The number of nitrogens with zero attached hydrogens (tertiary/aromatic N) is 1. The van der Waals surface area contributed by atoms with Gasteiger partial charge in [0.15, 0.2) is 0 Å².